The van der Waals surface area contributed by atoms with E-state index in [9.17, 15) is 5.26 Å². The average molecular weight is 304 g/mol. The summed E-state index contributed by atoms with van der Waals surface area (Å²) in [5.41, 5.74) is 2.79. The van der Waals surface area contributed by atoms with E-state index in [0.29, 0.717) is 12.2 Å². The highest BCUT2D eigenvalue weighted by Gasteiger charge is 2.10. The molecule has 0 bridgehead atoms. The smallest absolute Gasteiger partial charge is 0.119 e. The van der Waals surface area contributed by atoms with Crippen LogP contribution in [0.15, 0.2) is 48.5 Å². The van der Waals surface area contributed by atoms with Crippen molar-refractivity contribution in [2.24, 2.45) is 0 Å². The standard InChI is InChI=1S/C20H20N2O/c1-16-5-4-7-20(13-16)23-12-3-2-6-19(15-22)18-10-8-17(14-21)9-11-18/h4-5,7-11,13,19H,2-3,6,12H2,1H3. The molecule has 1 atom stereocenters. The molecule has 0 aliphatic heterocycles. The molecule has 0 heterocycles. The maximum absolute atomic E-state index is 9.32. The molecule has 3 nitrogen and oxygen atoms in total. The minimum atomic E-state index is -0.123. The zero-order valence-corrected chi connectivity index (χ0v) is 13.3. The maximum atomic E-state index is 9.32. The number of hydrogen-bond acceptors (Lipinski definition) is 3. The third-order valence-corrected chi connectivity index (χ3v) is 3.74. The van der Waals surface area contributed by atoms with Crippen LogP contribution < -0.4 is 4.74 Å². The Morgan fingerprint density at radius 1 is 1.04 bits per heavy atom. The van der Waals surface area contributed by atoms with E-state index in [0.717, 1.165) is 30.6 Å². The molecule has 0 amide bonds. The third kappa shape index (κ3) is 5.16. The molecule has 0 aliphatic rings. The number of rotatable bonds is 7. The molecule has 0 N–H and O–H groups in total. The van der Waals surface area contributed by atoms with Gasteiger partial charge in [-0.05, 0) is 61.6 Å². The first-order valence-electron chi connectivity index (χ1n) is 7.82. The van der Waals surface area contributed by atoms with Gasteiger partial charge in [-0.25, -0.2) is 0 Å². The van der Waals surface area contributed by atoms with Gasteiger partial charge in [-0.2, -0.15) is 10.5 Å². The van der Waals surface area contributed by atoms with Gasteiger partial charge in [0.25, 0.3) is 0 Å². The number of unbranched alkanes of at least 4 members (excludes halogenated alkanes) is 1. The fraction of sp³-hybridized carbons (Fsp3) is 0.300. The lowest BCUT2D eigenvalue weighted by molar-refractivity contribution is 0.304. The summed E-state index contributed by atoms with van der Waals surface area (Å²) < 4.78 is 5.72. The van der Waals surface area contributed by atoms with Gasteiger partial charge in [-0.3, -0.25) is 0 Å². The van der Waals surface area contributed by atoms with Crippen LogP contribution in [0.25, 0.3) is 0 Å². The van der Waals surface area contributed by atoms with E-state index in [1.165, 1.54) is 5.56 Å². The van der Waals surface area contributed by atoms with E-state index in [1.807, 2.05) is 43.3 Å². The van der Waals surface area contributed by atoms with E-state index in [-0.39, 0.29) is 5.92 Å². The molecule has 1 unspecified atom stereocenters. The zero-order chi connectivity index (χ0) is 16.5. The summed E-state index contributed by atoms with van der Waals surface area (Å²) in [7, 11) is 0. The van der Waals surface area contributed by atoms with Crippen LogP contribution in [-0.2, 0) is 0 Å². The predicted octanol–water partition coefficient (Wildman–Crippen LogP) is 4.72. The molecule has 0 saturated heterocycles. The van der Waals surface area contributed by atoms with Crippen LogP contribution in [0.2, 0.25) is 0 Å². The first-order chi connectivity index (χ1) is 11.2. The van der Waals surface area contributed by atoms with E-state index in [4.69, 9.17) is 10.00 Å². The molecule has 2 aromatic carbocycles. The Morgan fingerprint density at radius 2 is 1.83 bits per heavy atom. The molecule has 2 aromatic rings. The lowest BCUT2D eigenvalue weighted by Crippen LogP contribution is -2.00. The highest BCUT2D eigenvalue weighted by molar-refractivity contribution is 5.34. The van der Waals surface area contributed by atoms with Crippen LogP contribution in [-0.4, -0.2) is 6.61 Å². The van der Waals surface area contributed by atoms with Crippen LogP contribution in [0.4, 0.5) is 0 Å². The maximum Gasteiger partial charge on any atom is 0.119 e. The molecule has 3 heteroatoms. The number of benzene rings is 2. The molecule has 23 heavy (non-hydrogen) atoms. The summed E-state index contributed by atoms with van der Waals surface area (Å²) in [4.78, 5) is 0. The Hall–Kier alpha value is -2.78. The molecule has 0 saturated carbocycles. The minimum absolute atomic E-state index is 0.123. The van der Waals surface area contributed by atoms with Gasteiger partial charge in [0.1, 0.15) is 5.75 Å². The van der Waals surface area contributed by atoms with Crippen molar-refractivity contribution in [3.05, 3.63) is 65.2 Å². The summed E-state index contributed by atoms with van der Waals surface area (Å²) in [5.74, 6) is 0.774. The van der Waals surface area contributed by atoms with Crippen molar-refractivity contribution >= 4 is 0 Å². The molecule has 116 valence electrons. The first kappa shape index (κ1) is 16.6. The number of nitrogens with zero attached hydrogens (tertiary/aromatic N) is 2. The Kier molecular flexibility index (Phi) is 6.21. The number of nitriles is 2. The van der Waals surface area contributed by atoms with Gasteiger partial charge >= 0.3 is 0 Å². The monoisotopic (exact) mass is 304 g/mol. The zero-order valence-electron chi connectivity index (χ0n) is 13.3. The highest BCUT2D eigenvalue weighted by atomic mass is 16.5. The fourth-order valence-corrected chi connectivity index (χ4v) is 2.44. The van der Waals surface area contributed by atoms with Gasteiger partial charge in [0, 0.05) is 0 Å². The van der Waals surface area contributed by atoms with Crippen molar-refractivity contribution in [3.63, 3.8) is 0 Å². The van der Waals surface area contributed by atoms with Crippen molar-refractivity contribution in [1.82, 2.24) is 0 Å². The second-order valence-corrected chi connectivity index (χ2v) is 5.58. The molecular weight excluding hydrogens is 284 g/mol. The average Bonchev–Trinajstić information content (AvgIpc) is 2.58. The largest absolute Gasteiger partial charge is 0.494 e. The quantitative estimate of drug-likeness (QED) is 0.695. The lowest BCUT2D eigenvalue weighted by Gasteiger charge is -2.10. The van der Waals surface area contributed by atoms with Crippen molar-refractivity contribution in [1.29, 1.82) is 10.5 Å². The summed E-state index contributed by atoms with van der Waals surface area (Å²) in [6.07, 6.45) is 2.66. The predicted molar refractivity (Wildman–Crippen MR) is 90.0 cm³/mol. The van der Waals surface area contributed by atoms with Gasteiger partial charge in [-0.15, -0.1) is 0 Å². The second kappa shape index (κ2) is 8.61. The molecular formula is C20H20N2O. The van der Waals surface area contributed by atoms with E-state index in [2.05, 4.69) is 12.1 Å². The van der Waals surface area contributed by atoms with Gasteiger partial charge < -0.3 is 4.74 Å². The summed E-state index contributed by atoms with van der Waals surface area (Å²) in [6, 6.07) is 19.7. The minimum Gasteiger partial charge on any atom is -0.494 e. The SMILES string of the molecule is Cc1cccc(OCCCCC(C#N)c2ccc(C#N)cc2)c1. The van der Waals surface area contributed by atoms with Crippen molar-refractivity contribution in [2.75, 3.05) is 6.61 Å². The molecule has 0 aliphatic carbocycles. The highest BCUT2D eigenvalue weighted by Crippen LogP contribution is 2.22. The third-order valence-electron chi connectivity index (χ3n) is 3.74. The van der Waals surface area contributed by atoms with Crippen molar-refractivity contribution < 1.29 is 4.74 Å². The van der Waals surface area contributed by atoms with Gasteiger partial charge in [0.05, 0.1) is 30.2 Å². The lowest BCUT2D eigenvalue weighted by atomic mass is 9.94. The number of aryl methyl sites for hydroxylation is 1. The second-order valence-electron chi connectivity index (χ2n) is 5.58. The summed E-state index contributed by atoms with van der Waals surface area (Å²) in [6.45, 7) is 2.71. The van der Waals surface area contributed by atoms with Gasteiger partial charge in [-0.1, -0.05) is 24.3 Å². The summed E-state index contributed by atoms with van der Waals surface area (Å²) >= 11 is 0. The van der Waals surface area contributed by atoms with Crippen LogP contribution in [0.1, 0.15) is 41.9 Å². The molecule has 0 radical (unpaired) electrons. The van der Waals surface area contributed by atoms with Crippen molar-refractivity contribution in [3.8, 4) is 17.9 Å². The molecule has 2 rings (SSSR count). The Morgan fingerprint density at radius 3 is 2.48 bits per heavy atom. The van der Waals surface area contributed by atoms with Gasteiger partial charge in [0.15, 0.2) is 0 Å². The van der Waals surface area contributed by atoms with E-state index >= 15 is 0 Å². The molecule has 0 aromatic heterocycles. The fourth-order valence-electron chi connectivity index (χ4n) is 2.44. The Balaban J connectivity index is 1.75. The Labute approximate surface area is 137 Å². The van der Waals surface area contributed by atoms with Crippen LogP contribution in [0, 0.1) is 29.6 Å². The molecule has 0 spiro atoms. The summed E-state index contributed by atoms with van der Waals surface area (Å²) in [5, 5.41) is 18.1. The van der Waals surface area contributed by atoms with Crippen LogP contribution in [0.5, 0.6) is 5.75 Å². The molecule has 0 fully saturated rings. The first-order valence-corrected chi connectivity index (χ1v) is 7.82. The van der Waals surface area contributed by atoms with Crippen LogP contribution >= 0.6 is 0 Å². The number of hydrogen-bond donors (Lipinski definition) is 0. The van der Waals surface area contributed by atoms with E-state index < -0.39 is 0 Å². The number of ether oxygens (including phenoxy) is 1. The normalized spacial score (nSPS) is 11.3. The van der Waals surface area contributed by atoms with Crippen molar-refractivity contribution in [2.45, 2.75) is 32.1 Å². The topological polar surface area (TPSA) is 56.8 Å². The van der Waals surface area contributed by atoms with E-state index in [1.54, 1.807) is 12.1 Å². The van der Waals surface area contributed by atoms with Crippen LogP contribution in [0.3, 0.4) is 0 Å². The Bertz CT molecular complexity index is 708. The van der Waals surface area contributed by atoms with Gasteiger partial charge in [0.2, 0.25) is 0 Å².